The first-order chi connectivity index (χ1) is 9.40. The third-order valence-electron chi connectivity index (χ3n) is 2.55. The van der Waals surface area contributed by atoms with Crippen LogP contribution in [0.15, 0.2) is 24.3 Å². The van der Waals surface area contributed by atoms with Crippen LogP contribution in [0.1, 0.15) is 5.56 Å². The molecule has 0 fully saturated rings. The minimum Gasteiger partial charge on any atom is -0.489 e. The molecule has 2 N–H and O–H groups in total. The lowest BCUT2D eigenvalue weighted by molar-refractivity contribution is 0.285. The highest BCUT2D eigenvalue weighted by atomic mass is 19.2. The number of anilines is 1. The third-order valence-corrected chi connectivity index (χ3v) is 2.55. The zero-order chi connectivity index (χ0) is 14.9. The van der Waals surface area contributed by atoms with Crippen molar-refractivity contribution in [3.8, 4) is 5.75 Å². The number of benzene rings is 2. The Balaban J connectivity index is 2.25. The average molecular weight is 289 g/mol. The smallest absolute Gasteiger partial charge is 0.168 e. The van der Waals surface area contributed by atoms with Gasteiger partial charge in [-0.3, -0.25) is 0 Å². The summed E-state index contributed by atoms with van der Waals surface area (Å²) in [6, 6.07) is 3.34. The number of ether oxygens (including phenoxy) is 1. The summed E-state index contributed by atoms with van der Waals surface area (Å²) in [7, 11) is 0. The molecule has 2 aromatic rings. The maximum absolute atomic E-state index is 13.3. The number of hydrogen-bond acceptors (Lipinski definition) is 2. The van der Waals surface area contributed by atoms with Crippen molar-refractivity contribution in [2.75, 3.05) is 5.73 Å². The quantitative estimate of drug-likeness (QED) is 0.533. The molecule has 0 saturated carbocycles. The van der Waals surface area contributed by atoms with Gasteiger partial charge in [-0.1, -0.05) is 0 Å². The van der Waals surface area contributed by atoms with Crippen molar-refractivity contribution in [2.45, 2.75) is 6.61 Å². The van der Waals surface area contributed by atoms with Crippen LogP contribution < -0.4 is 10.5 Å². The fourth-order valence-corrected chi connectivity index (χ4v) is 1.52. The Hall–Kier alpha value is -2.31. The summed E-state index contributed by atoms with van der Waals surface area (Å²) >= 11 is 0. The zero-order valence-electron chi connectivity index (χ0n) is 9.89. The molecule has 0 radical (unpaired) electrons. The van der Waals surface area contributed by atoms with Crippen molar-refractivity contribution in [2.24, 2.45) is 0 Å². The van der Waals surface area contributed by atoms with E-state index >= 15 is 0 Å². The fourth-order valence-electron chi connectivity index (χ4n) is 1.52. The number of hydrogen-bond donors (Lipinski definition) is 1. The molecule has 2 rings (SSSR count). The second kappa shape index (κ2) is 5.36. The van der Waals surface area contributed by atoms with Crippen LogP contribution in [0.3, 0.4) is 0 Å². The normalized spacial score (nSPS) is 10.7. The molecule has 0 aromatic heterocycles. The largest absolute Gasteiger partial charge is 0.489 e. The molecule has 0 saturated heterocycles. The highest BCUT2D eigenvalue weighted by Gasteiger charge is 2.19. The molecule has 0 aliphatic rings. The van der Waals surface area contributed by atoms with Gasteiger partial charge in [0, 0.05) is 12.1 Å². The Morgan fingerprint density at radius 2 is 1.45 bits per heavy atom. The van der Waals surface area contributed by atoms with Gasteiger partial charge < -0.3 is 10.5 Å². The molecule has 2 aromatic carbocycles. The van der Waals surface area contributed by atoms with Crippen molar-refractivity contribution in [3.63, 3.8) is 0 Å². The highest BCUT2D eigenvalue weighted by molar-refractivity contribution is 5.45. The van der Waals surface area contributed by atoms with Crippen LogP contribution in [0.25, 0.3) is 0 Å². The topological polar surface area (TPSA) is 35.2 Å². The molecule has 106 valence electrons. The van der Waals surface area contributed by atoms with Crippen molar-refractivity contribution < 1.29 is 26.7 Å². The minimum atomic E-state index is -1.54. The van der Waals surface area contributed by atoms with E-state index in [1.54, 1.807) is 0 Å². The van der Waals surface area contributed by atoms with E-state index in [9.17, 15) is 22.0 Å². The Morgan fingerprint density at radius 3 is 2.00 bits per heavy atom. The second-order valence-electron chi connectivity index (χ2n) is 3.92. The molecular weight excluding hydrogens is 281 g/mol. The summed E-state index contributed by atoms with van der Waals surface area (Å²) in [4.78, 5) is 0. The standard InChI is InChI=1S/C13H8F5NO/c14-8-2-1-6(3-11(8)19)20-5-7-12(17)9(15)4-10(16)13(7)18/h1-4H,5,19H2. The maximum atomic E-state index is 13.3. The summed E-state index contributed by atoms with van der Waals surface area (Å²) in [5.41, 5.74) is 4.15. The molecule has 0 atom stereocenters. The average Bonchev–Trinajstić information content (AvgIpc) is 2.40. The third kappa shape index (κ3) is 2.66. The van der Waals surface area contributed by atoms with Gasteiger partial charge in [-0.05, 0) is 12.1 Å². The van der Waals surface area contributed by atoms with Gasteiger partial charge in [0.2, 0.25) is 0 Å². The Morgan fingerprint density at radius 1 is 0.850 bits per heavy atom. The summed E-state index contributed by atoms with van der Waals surface area (Å²) in [5.74, 6) is -6.82. The number of halogens is 5. The van der Waals surface area contributed by atoms with Crippen LogP contribution in [0.5, 0.6) is 5.75 Å². The number of nitrogen functional groups attached to an aromatic ring is 1. The van der Waals surface area contributed by atoms with E-state index < -0.39 is 41.3 Å². The van der Waals surface area contributed by atoms with Crippen LogP contribution >= 0.6 is 0 Å². The van der Waals surface area contributed by atoms with Crippen LogP contribution in [0.2, 0.25) is 0 Å². The molecule has 0 spiro atoms. The summed E-state index contributed by atoms with van der Waals surface area (Å²) in [5, 5.41) is 0. The monoisotopic (exact) mass is 289 g/mol. The Labute approximate surface area is 110 Å². The lowest BCUT2D eigenvalue weighted by Crippen LogP contribution is -2.07. The summed E-state index contributed by atoms with van der Waals surface area (Å²) in [6.45, 7) is -0.766. The first kappa shape index (κ1) is 14.1. The van der Waals surface area contributed by atoms with Crippen LogP contribution in [0, 0.1) is 29.1 Å². The lowest BCUT2D eigenvalue weighted by atomic mass is 10.2. The Bertz CT molecular complexity index is 633. The molecule has 0 unspecified atom stereocenters. The van der Waals surface area contributed by atoms with Crippen molar-refractivity contribution in [1.29, 1.82) is 0 Å². The molecule has 0 bridgehead atoms. The van der Waals surface area contributed by atoms with Gasteiger partial charge in [-0.25, -0.2) is 22.0 Å². The SMILES string of the molecule is Nc1cc(OCc2c(F)c(F)cc(F)c2F)ccc1F. The van der Waals surface area contributed by atoms with E-state index in [0.29, 0.717) is 0 Å². The van der Waals surface area contributed by atoms with E-state index in [-0.39, 0.29) is 17.5 Å². The number of nitrogens with two attached hydrogens (primary N) is 1. The lowest BCUT2D eigenvalue weighted by Gasteiger charge is -2.10. The van der Waals surface area contributed by atoms with E-state index in [0.717, 1.165) is 18.2 Å². The van der Waals surface area contributed by atoms with E-state index in [4.69, 9.17) is 10.5 Å². The Kier molecular flexibility index (Phi) is 3.78. The molecule has 0 aliphatic carbocycles. The molecule has 7 heteroatoms. The predicted molar refractivity (Wildman–Crippen MR) is 61.4 cm³/mol. The molecule has 0 amide bonds. The van der Waals surface area contributed by atoms with Gasteiger partial charge in [0.25, 0.3) is 0 Å². The fraction of sp³-hybridized carbons (Fsp3) is 0.0769. The molecular formula is C13H8F5NO. The predicted octanol–water partition coefficient (Wildman–Crippen LogP) is 3.54. The second-order valence-corrected chi connectivity index (χ2v) is 3.92. The van der Waals surface area contributed by atoms with Gasteiger partial charge in [-0.2, -0.15) is 0 Å². The van der Waals surface area contributed by atoms with Gasteiger partial charge >= 0.3 is 0 Å². The molecule has 0 heterocycles. The summed E-state index contributed by atoms with van der Waals surface area (Å²) < 4.78 is 70.4. The number of rotatable bonds is 3. The minimum absolute atomic E-state index is 0.00682. The maximum Gasteiger partial charge on any atom is 0.168 e. The van der Waals surface area contributed by atoms with Crippen LogP contribution in [-0.2, 0) is 6.61 Å². The zero-order valence-corrected chi connectivity index (χ0v) is 9.89. The van der Waals surface area contributed by atoms with Gasteiger partial charge in [0.1, 0.15) is 18.2 Å². The van der Waals surface area contributed by atoms with Crippen molar-refractivity contribution in [3.05, 3.63) is 58.9 Å². The van der Waals surface area contributed by atoms with Gasteiger partial charge in [-0.15, -0.1) is 0 Å². The van der Waals surface area contributed by atoms with E-state index in [1.165, 1.54) is 0 Å². The van der Waals surface area contributed by atoms with E-state index in [2.05, 4.69) is 0 Å². The molecule has 2 nitrogen and oxygen atoms in total. The van der Waals surface area contributed by atoms with Crippen molar-refractivity contribution >= 4 is 5.69 Å². The molecule has 20 heavy (non-hydrogen) atoms. The van der Waals surface area contributed by atoms with Crippen LogP contribution in [-0.4, -0.2) is 0 Å². The molecule has 0 aliphatic heterocycles. The van der Waals surface area contributed by atoms with Gasteiger partial charge in [0.15, 0.2) is 23.3 Å². The van der Waals surface area contributed by atoms with Gasteiger partial charge in [0.05, 0.1) is 11.3 Å². The first-order valence-corrected chi connectivity index (χ1v) is 5.40. The van der Waals surface area contributed by atoms with Crippen LogP contribution in [0.4, 0.5) is 27.6 Å². The first-order valence-electron chi connectivity index (χ1n) is 5.40. The van der Waals surface area contributed by atoms with Crippen molar-refractivity contribution in [1.82, 2.24) is 0 Å². The summed E-state index contributed by atoms with van der Waals surface area (Å²) in [6.07, 6.45) is 0. The van der Waals surface area contributed by atoms with E-state index in [1.807, 2.05) is 0 Å². The highest BCUT2D eigenvalue weighted by Crippen LogP contribution is 2.23.